The molecule has 2 rings (SSSR count). The fourth-order valence-electron chi connectivity index (χ4n) is 2.05. The molecule has 1 aliphatic heterocycles. The maximum absolute atomic E-state index is 12.1. The van der Waals surface area contributed by atoms with Gasteiger partial charge in [0.1, 0.15) is 11.8 Å². The molecule has 1 atom stereocenters. The van der Waals surface area contributed by atoms with Gasteiger partial charge in [-0.05, 0) is 31.5 Å². The summed E-state index contributed by atoms with van der Waals surface area (Å²) in [7, 11) is 1.63. The Morgan fingerprint density at radius 2 is 2.11 bits per heavy atom. The van der Waals surface area contributed by atoms with E-state index in [1.54, 1.807) is 39.1 Å². The molecule has 1 unspecified atom stereocenters. The van der Waals surface area contributed by atoms with Crippen LogP contribution in [0, 0.1) is 0 Å². The fraction of sp³-hybridized carbons (Fsp3) is 0.385. The van der Waals surface area contributed by atoms with E-state index in [0.717, 1.165) is 0 Å². The number of carbonyl (C=O) groups excluding carboxylic acids is 1. The van der Waals surface area contributed by atoms with Gasteiger partial charge >= 0.3 is 5.97 Å². The van der Waals surface area contributed by atoms with Crippen molar-refractivity contribution in [3.05, 3.63) is 23.8 Å². The van der Waals surface area contributed by atoms with Crippen LogP contribution in [0.2, 0.25) is 0 Å². The topological polar surface area (TPSA) is 92.9 Å². The third-order valence-corrected chi connectivity index (χ3v) is 3.15. The summed E-state index contributed by atoms with van der Waals surface area (Å²) in [4.78, 5) is 24.4. The van der Waals surface area contributed by atoms with E-state index in [4.69, 9.17) is 15.6 Å². The van der Waals surface area contributed by atoms with Crippen LogP contribution in [0.15, 0.2) is 18.2 Å². The highest BCUT2D eigenvalue weighted by atomic mass is 16.5. The number of fused-ring (bicyclic) bond motifs is 1. The smallest absolute Gasteiger partial charge is 0.325 e. The van der Waals surface area contributed by atoms with Crippen molar-refractivity contribution in [3.8, 4) is 5.75 Å². The van der Waals surface area contributed by atoms with Crippen molar-refractivity contribution in [2.45, 2.75) is 25.5 Å². The van der Waals surface area contributed by atoms with Crippen LogP contribution < -0.4 is 15.4 Å². The van der Waals surface area contributed by atoms with Crippen molar-refractivity contribution in [1.82, 2.24) is 0 Å². The summed E-state index contributed by atoms with van der Waals surface area (Å²) < 4.78 is 5.62. The minimum atomic E-state index is -1.12. The van der Waals surface area contributed by atoms with Crippen molar-refractivity contribution < 1.29 is 19.4 Å². The number of benzene rings is 1. The molecule has 1 aromatic rings. The second-order valence-electron chi connectivity index (χ2n) is 5.02. The maximum Gasteiger partial charge on any atom is 0.325 e. The lowest BCUT2D eigenvalue weighted by Crippen LogP contribution is -2.50. The number of carboxylic acids is 1. The van der Waals surface area contributed by atoms with Crippen molar-refractivity contribution in [2.75, 3.05) is 11.9 Å². The number of carboxylic acid groups (broad SMARTS) is 1. The molecule has 0 saturated heterocycles. The van der Waals surface area contributed by atoms with Gasteiger partial charge in [-0.2, -0.15) is 0 Å². The Morgan fingerprint density at radius 3 is 2.68 bits per heavy atom. The average molecular weight is 264 g/mol. The van der Waals surface area contributed by atoms with Gasteiger partial charge in [-0.1, -0.05) is 6.07 Å². The molecule has 3 N–H and O–H groups in total. The molecule has 0 aliphatic carbocycles. The number of anilines is 1. The molecule has 0 fully saturated rings. The monoisotopic (exact) mass is 264 g/mol. The molecule has 6 nitrogen and oxygen atoms in total. The van der Waals surface area contributed by atoms with E-state index in [-0.39, 0.29) is 5.91 Å². The van der Waals surface area contributed by atoms with Crippen LogP contribution in [-0.4, -0.2) is 29.6 Å². The molecule has 0 radical (unpaired) electrons. The van der Waals surface area contributed by atoms with E-state index in [0.29, 0.717) is 17.0 Å². The number of nitrogens with two attached hydrogens (primary N) is 1. The summed E-state index contributed by atoms with van der Waals surface area (Å²) in [6.07, 6.45) is 0. The van der Waals surface area contributed by atoms with E-state index in [9.17, 15) is 9.59 Å². The number of nitrogens with zero attached hydrogens (tertiary/aromatic N) is 1. The Labute approximate surface area is 110 Å². The van der Waals surface area contributed by atoms with Crippen LogP contribution in [0.5, 0.6) is 5.75 Å². The number of aliphatic carboxylic acids is 1. The summed E-state index contributed by atoms with van der Waals surface area (Å²) in [5, 5.41) is 8.90. The normalized spacial score (nSPS) is 18.5. The maximum atomic E-state index is 12.1. The zero-order valence-corrected chi connectivity index (χ0v) is 11.0. The third kappa shape index (κ3) is 2.15. The second kappa shape index (κ2) is 4.24. The fourth-order valence-corrected chi connectivity index (χ4v) is 2.05. The molecule has 1 aromatic carbocycles. The van der Waals surface area contributed by atoms with Crippen molar-refractivity contribution in [3.63, 3.8) is 0 Å². The molecule has 1 heterocycles. The predicted molar refractivity (Wildman–Crippen MR) is 69.1 cm³/mol. The molecule has 102 valence electrons. The summed E-state index contributed by atoms with van der Waals surface area (Å²) in [6, 6.07) is 3.68. The molecule has 19 heavy (non-hydrogen) atoms. The number of carbonyl (C=O) groups is 2. The average Bonchev–Trinajstić information content (AvgIpc) is 2.34. The molecule has 0 spiro atoms. The van der Waals surface area contributed by atoms with E-state index in [1.807, 2.05) is 0 Å². The first kappa shape index (κ1) is 13.4. The molecule has 1 aliphatic rings. The van der Waals surface area contributed by atoms with Crippen LogP contribution in [0.1, 0.15) is 25.5 Å². The molecule has 0 aromatic heterocycles. The zero-order chi connectivity index (χ0) is 14.4. The molecule has 1 amide bonds. The molecule has 6 heteroatoms. The lowest BCUT2D eigenvalue weighted by molar-refractivity contribution is -0.138. The highest BCUT2D eigenvalue weighted by molar-refractivity contribution is 6.02. The molecule has 0 saturated carbocycles. The Kier molecular flexibility index (Phi) is 2.98. The lowest BCUT2D eigenvalue weighted by atomic mass is 10.0. The van der Waals surface area contributed by atoms with Crippen LogP contribution in [-0.2, 0) is 9.59 Å². The minimum absolute atomic E-state index is 0.193. The number of rotatable bonds is 2. The number of hydrogen-bond donors (Lipinski definition) is 2. The first-order chi connectivity index (χ1) is 8.74. The van der Waals surface area contributed by atoms with Crippen LogP contribution in [0.25, 0.3) is 0 Å². The summed E-state index contributed by atoms with van der Waals surface area (Å²) in [6.45, 7) is 3.37. The van der Waals surface area contributed by atoms with Gasteiger partial charge in [0.15, 0.2) is 5.60 Å². The number of amides is 1. The first-order valence-electron chi connectivity index (χ1n) is 5.83. The minimum Gasteiger partial charge on any atom is -0.480 e. The zero-order valence-electron chi connectivity index (χ0n) is 11.0. The van der Waals surface area contributed by atoms with Gasteiger partial charge in [0.2, 0.25) is 0 Å². The van der Waals surface area contributed by atoms with Gasteiger partial charge in [0.05, 0.1) is 5.69 Å². The SMILES string of the molecule is CN1C(=O)C(C)(C)Oc2ccc(C(N)C(=O)O)cc21. The predicted octanol–water partition coefficient (Wildman–Crippen LogP) is 0.905. The van der Waals surface area contributed by atoms with Gasteiger partial charge in [-0.25, -0.2) is 0 Å². The van der Waals surface area contributed by atoms with Crippen LogP contribution >= 0.6 is 0 Å². The van der Waals surface area contributed by atoms with E-state index in [2.05, 4.69) is 0 Å². The molecular formula is C13H16N2O4. The highest BCUT2D eigenvalue weighted by Gasteiger charge is 2.39. The van der Waals surface area contributed by atoms with Crippen molar-refractivity contribution in [2.24, 2.45) is 5.73 Å². The highest BCUT2D eigenvalue weighted by Crippen LogP contribution is 2.38. The number of likely N-dealkylation sites (N-methyl/N-ethyl adjacent to an activating group) is 1. The number of ether oxygens (including phenoxy) is 1. The van der Waals surface area contributed by atoms with Crippen LogP contribution in [0.3, 0.4) is 0 Å². The summed E-state index contributed by atoms with van der Waals surface area (Å²) >= 11 is 0. The van der Waals surface area contributed by atoms with Gasteiger partial charge < -0.3 is 20.5 Å². The Balaban J connectivity index is 2.47. The Hall–Kier alpha value is -2.08. The Morgan fingerprint density at radius 1 is 1.47 bits per heavy atom. The molecule has 0 bridgehead atoms. The third-order valence-electron chi connectivity index (χ3n) is 3.15. The van der Waals surface area contributed by atoms with Crippen molar-refractivity contribution >= 4 is 17.6 Å². The van der Waals surface area contributed by atoms with Gasteiger partial charge in [-0.15, -0.1) is 0 Å². The van der Waals surface area contributed by atoms with Gasteiger partial charge in [-0.3, -0.25) is 9.59 Å². The summed E-state index contributed by atoms with van der Waals surface area (Å²) in [5.41, 5.74) is 5.58. The lowest BCUT2D eigenvalue weighted by Gasteiger charge is -2.37. The van der Waals surface area contributed by atoms with Gasteiger partial charge in [0.25, 0.3) is 5.91 Å². The largest absolute Gasteiger partial charge is 0.480 e. The van der Waals surface area contributed by atoms with E-state index in [1.165, 1.54) is 4.90 Å². The van der Waals surface area contributed by atoms with Gasteiger partial charge in [0, 0.05) is 7.05 Å². The van der Waals surface area contributed by atoms with E-state index < -0.39 is 17.6 Å². The van der Waals surface area contributed by atoms with Crippen molar-refractivity contribution in [1.29, 1.82) is 0 Å². The van der Waals surface area contributed by atoms with E-state index >= 15 is 0 Å². The quantitative estimate of drug-likeness (QED) is 0.828. The van der Waals surface area contributed by atoms with Crippen LogP contribution in [0.4, 0.5) is 5.69 Å². The second-order valence-corrected chi connectivity index (χ2v) is 5.02. The Bertz CT molecular complexity index is 554. The number of hydrogen-bond acceptors (Lipinski definition) is 4. The molecular weight excluding hydrogens is 248 g/mol. The first-order valence-corrected chi connectivity index (χ1v) is 5.83. The summed E-state index contributed by atoms with van der Waals surface area (Å²) in [5.74, 6) is -0.777. The standard InChI is InChI=1S/C13H16N2O4/c1-13(2)12(18)15(3)8-6-7(10(14)11(16)17)4-5-9(8)19-13/h4-6,10H,14H2,1-3H3,(H,16,17).